The van der Waals surface area contributed by atoms with Crippen molar-refractivity contribution in [3.63, 3.8) is 0 Å². The van der Waals surface area contributed by atoms with E-state index in [0.717, 1.165) is 18.1 Å². The van der Waals surface area contributed by atoms with Crippen LogP contribution in [0.5, 0.6) is 0 Å². The van der Waals surface area contributed by atoms with E-state index in [1.54, 1.807) is 17.9 Å². The molecular formula is C16H18F2N10. The Labute approximate surface area is 158 Å². The second kappa shape index (κ2) is 7.29. The van der Waals surface area contributed by atoms with E-state index >= 15 is 0 Å². The van der Waals surface area contributed by atoms with Crippen LogP contribution in [0.15, 0.2) is 18.5 Å². The van der Waals surface area contributed by atoms with Crippen LogP contribution in [0.4, 0.5) is 32.4 Å². The summed E-state index contributed by atoms with van der Waals surface area (Å²) in [6.45, 7) is 4.11. The average molecular weight is 388 g/mol. The molecule has 1 aliphatic heterocycles. The third-order valence-corrected chi connectivity index (χ3v) is 4.06. The second-order valence-electron chi connectivity index (χ2n) is 6.47. The molecule has 0 amide bonds. The summed E-state index contributed by atoms with van der Waals surface area (Å²) in [6, 6.07) is 1.41. The van der Waals surface area contributed by atoms with Gasteiger partial charge in [0.25, 0.3) is 0 Å². The Morgan fingerprint density at radius 3 is 2.54 bits per heavy atom. The van der Waals surface area contributed by atoms with Crippen molar-refractivity contribution in [3.05, 3.63) is 35.8 Å². The van der Waals surface area contributed by atoms with Crippen molar-refractivity contribution < 1.29 is 8.78 Å². The number of aryl methyl sites for hydroxylation is 1. The molecule has 3 N–H and O–H groups in total. The topological polar surface area (TPSA) is 120 Å². The second-order valence-corrected chi connectivity index (χ2v) is 6.47. The molecule has 10 nitrogen and oxygen atoms in total. The lowest BCUT2D eigenvalue weighted by atomic mass is 10.2. The van der Waals surface area contributed by atoms with E-state index in [-0.39, 0.29) is 31.0 Å². The van der Waals surface area contributed by atoms with Crippen molar-refractivity contribution in [1.82, 2.24) is 35.1 Å². The highest BCUT2D eigenvalue weighted by molar-refractivity contribution is 5.53. The smallest absolute Gasteiger partial charge is 0.235 e. The average Bonchev–Trinajstić information content (AvgIpc) is 3.04. The lowest BCUT2D eigenvalue weighted by Crippen LogP contribution is -2.49. The first-order chi connectivity index (χ1) is 13.5. The number of rotatable bonds is 6. The SMILES string of the molecule is Cc1cc(Nc2nc(N[C@@H](C)c3ncc(F)cn3)nc(N3CC(F)C3)n2)n[nH]1. The van der Waals surface area contributed by atoms with Gasteiger partial charge in [0.1, 0.15) is 12.0 Å². The van der Waals surface area contributed by atoms with E-state index in [2.05, 4.69) is 45.8 Å². The number of halogens is 2. The Hall–Kier alpha value is -3.44. The number of alkyl halides is 1. The van der Waals surface area contributed by atoms with E-state index in [4.69, 9.17) is 0 Å². The maximum Gasteiger partial charge on any atom is 0.235 e. The standard InChI is InChI=1S/C16H18F2N10/c1-8-3-12(27-26-8)22-15-23-14(24-16(25-15)28-6-11(18)7-28)21-9(2)13-19-4-10(17)5-20-13/h3-5,9,11H,6-7H2,1-2H3,(H3,21,22,23,24,25,26,27)/t9-/m0/s1. The van der Waals surface area contributed by atoms with Crippen LogP contribution in [0, 0.1) is 12.7 Å². The van der Waals surface area contributed by atoms with E-state index in [1.165, 1.54) is 0 Å². The Bertz CT molecular complexity index is 954. The highest BCUT2D eigenvalue weighted by Gasteiger charge is 2.29. The van der Waals surface area contributed by atoms with E-state index < -0.39 is 12.0 Å². The summed E-state index contributed by atoms with van der Waals surface area (Å²) < 4.78 is 26.3. The predicted molar refractivity (Wildman–Crippen MR) is 97.6 cm³/mol. The zero-order valence-corrected chi connectivity index (χ0v) is 15.2. The lowest BCUT2D eigenvalue weighted by molar-refractivity contribution is 0.272. The van der Waals surface area contributed by atoms with Gasteiger partial charge < -0.3 is 15.5 Å². The quantitative estimate of drug-likeness (QED) is 0.581. The van der Waals surface area contributed by atoms with Gasteiger partial charge in [-0.15, -0.1) is 0 Å². The Morgan fingerprint density at radius 1 is 1.18 bits per heavy atom. The largest absolute Gasteiger partial charge is 0.344 e. The van der Waals surface area contributed by atoms with Crippen molar-refractivity contribution in [3.8, 4) is 0 Å². The molecular weight excluding hydrogens is 370 g/mol. The van der Waals surface area contributed by atoms with Gasteiger partial charge in [0, 0.05) is 11.8 Å². The fourth-order valence-corrected chi connectivity index (χ4v) is 2.62. The van der Waals surface area contributed by atoms with Gasteiger partial charge in [0.15, 0.2) is 11.6 Å². The summed E-state index contributed by atoms with van der Waals surface area (Å²) in [5.41, 5.74) is 0.875. The first kappa shape index (κ1) is 17.9. The molecule has 0 saturated carbocycles. The molecule has 146 valence electrons. The van der Waals surface area contributed by atoms with E-state index in [9.17, 15) is 8.78 Å². The molecule has 0 radical (unpaired) electrons. The van der Waals surface area contributed by atoms with Crippen molar-refractivity contribution >= 4 is 23.7 Å². The van der Waals surface area contributed by atoms with Crippen LogP contribution in [0.25, 0.3) is 0 Å². The minimum absolute atomic E-state index is 0.223. The molecule has 12 heteroatoms. The number of aromatic amines is 1. The molecule has 4 rings (SSSR count). The van der Waals surface area contributed by atoms with Gasteiger partial charge in [-0.25, -0.2) is 18.7 Å². The number of nitrogens with zero attached hydrogens (tertiary/aromatic N) is 7. The third-order valence-electron chi connectivity index (χ3n) is 4.06. The summed E-state index contributed by atoms with van der Waals surface area (Å²) in [5, 5.41) is 13.0. The van der Waals surface area contributed by atoms with Crippen LogP contribution in [-0.2, 0) is 0 Å². The summed E-state index contributed by atoms with van der Waals surface area (Å²) >= 11 is 0. The van der Waals surface area contributed by atoms with Gasteiger partial charge in [-0.2, -0.15) is 20.1 Å². The molecule has 1 fully saturated rings. The molecule has 0 bridgehead atoms. The number of H-pyrrole nitrogens is 1. The fraction of sp³-hybridized carbons (Fsp3) is 0.375. The van der Waals surface area contributed by atoms with Gasteiger partial charge in [-0.1, -0.05) is 0 Å². The lowest BCUT2D eigenvalue weighted by Gasteiger charge is -2.34. The molecule has 0 unspecified atom stereocenters. The Kier molecular flexibility index (Phi) is 4.67. The zero-order chi connectivity index (χ0) is 19.7. The summed E-state index contributed by atoms with van der Waals surface area (Å²) in [7, 11) is 0. The summed E-state index contributed by atoms with van der Waals surface area (Å²) in [4.78, 5) is 22.6. The monoisotopic (exact) mass is 388 g/mol. The third kappa shape index (κ3) is 3.94. The van der Waals surface area contributed by atoms with Gasteiger partial charge in [-0.05, 0) is 13.8 Å². The maximum atomic E-state index is 13.3. The van der Waals surface area contributed by atoms with Gasteiger partial charge in [-0.3, -0.25) is 5.10 Å². The van der Waals surface area contributed by atoms with Crippen molar-refractivity contribution in [2.75, 3.05) is 28.6 Å². The van der Waals surface area contributed by atoms with Crippen molar-refractivity contribution in [2.45, 2.75) is 26.1 Å². The van der Waals surface area contributed by atoms with Crippen molar-refractivity contribution in [2.24, 2.45) is 0 Å². The van der Waals surface area contributed by atoms with Crippen LogP contribution in [0.2, 0.25) is 0 Å². The number of aromatic nitrogens is 7. The molecule has 0 spiro atoms. The number of hydrogen-bond acceptors (Lipinski definition) is 9. The van der Waals surface area contributed by atoms with E-state index in [1.807, 2.05) is 6.92 Å². The van der Waals surface area contributed by atoms with Crippen LogP contribution in [0.1, 0.15) is 24.5 Å². The normalized spacial score (nSPS) is 15.2. The van der Waals surface area contributed by atoms with Gasteiger partial charge in [0.2, 0.25) is 17.8 Å². The van der Waals surface area contributed by atoms with Crippen molar-refractivity contribution in [1.29, 1.82) is 0 Å². The number of hydrogen-bond donors (Lipinski definition) is 3. The van der Waals surface area contributed by atoms with Crippen LogP contribution in [0.3, 0.4) is 0 Å². The molecule has 0 aromatic carbocycles. The highest BCUT2D eigenvalue weighted by Crippen LogP contribution is 2.23. The molecule has 0 aliphatic carbocycles. The molecule has 3 aromatic rings. The van der Waals surface area contributed by atoms with Gasteiger partial charge in [0.05, 0.1) is 31.5 Å². The molecule has 28 heavy (non-hydrogen) atoms. The van der Waals surface area contributed by atoms with Gasteiger partial charge >= 0.3 is 0 Å². The Morgan fingerprint density at radius 2 is 1.89 bits per heavy atom. The minimum atomic E-state index is -0.898. The number of anilines is 4. The highest BCUT2D eigenvalue weighted by atomic mass is 19.1. The van der Waals surface area contributed by atoms with Crippen LogP contribution >= 0.6 is 0 Å². The predicted octanol–water partition coefficient (Wildman–Crippen LogP) is 1.91. The Balaban J connectivity index is 1.58. The van der Waals surface area contributed by atoms with Crippen LogP contribution in [-0.4, -0.2) is 54.4 Å². The van der Waals surface area contributed by atoms with Crippen LogP contribution < -0.4 is 15.5 Å². The first-order valence-corrected chi connectivity index (χ1v) is 8.64. The summed E-state index contributed by atoms with van der Waals surface area (Å²) in [5.74, 6) is 1.26. The zero-order valence-electron chi connectivity index (χ0n) is 15.2. The minimum Gasteiger partial charge on any atom is -0.344 e. The molecule has 1 atom stereocenters. The molecule has 1 saturated heterocycles. The molecule has 4 heterocycles. The maximum absolute atomic E-state index is 13.3. The number of nitrogens with one attached hydrogen (secondary N) is 3. The molecule has 1 aliphatic rings. The first-order valence-electron chi connectivity index (χ1n) is 8.64. The van der Waals surface area contributed by atoms with E-state index in [0.29, 0.717) is 17.6 Å². The fourth-order valence-electron chi connectivity index (χ4n) is 2.62. The summed E-state index contributed by atoms with van der Waals surface area (Å²) in [6.07, 6.45) is 1.28. The molecule has 3 aromatic heterocycles.